The van der Waals surface area contributed by atoms with Gasteiger partial charge in [-0.1, -0.05) is 39.1 Å². The average molecular weight is 390 g/mol. The molecule has 6 heteroatoms. The maximum absolute atomic E-state index is 11.8. The normalized spacial score (nSPS) is 10.3. The van der Waals surface area contributed by atoms with E-state index in [0.29, 0.717) is 21.5 Å². The molecule has 21 heavy (non-hydrogen) atoms. The zero-order valence-electron chi connectivity index (χ0n) is 11.0. The highest BCUT2D eigenvalue weighted by Crippen LogP contribution is 2.27. The Labute approximate surface area is 140 Å². The Morgan fingerprint density at radius 2 is 1.86 bits per heavy atom. The van der Waals surface area contributed by atoms with Crippen molar-refractivity contribution >= 4 is 45.1 Å². The van der Waals surface area contributed by atoms with Crippen molar-refractivity contribution < 1.29 is 14.3 Å². The molecule has 0 N–H and O–H groups in total. The number of esters is 1. The van der Waals surface area contributed by atoms with Crippen LogP contribution < -0.4 is 9.47 Å². The summed E-state index contributed by atoms with van der Waals surface area (Å²) in [6.45, 7) is 1.61. The molecule has 0 aliphatic rings. The van der Waals surface area contributed by atoms with E-state index in [1.807, 2.05) is 13.0 Å². The van der Waals surface area contributed by atoms with E-state index in [4.69, 9.17) is 32.7 Å². The van der Waals surface area contributed by atoms with Crippen molar-refractivity contribution in [3.63, 3.8) is 0 Å². The lowest BCUT2D eigenvalue weighted by Crippen LogP contribution is -2.18. The summed E-state index contributed by atoms with van der Waals surface area (Å²) >= 11 is 15.1. The minimum Gasteiger partial charge on any atom is -0.480 e. The SMILES string of the molecule is Cc1cc(Br)ccc1OC(=O)COc1ccc(Cl)cc1Cl. The fourth-order valence-corrected chi connectivity index (χ4v) is 2.55. The second kappa shape index (κ2) is 7.16. The molecule has 3 nitrogen and oxygen atoms in total. The molecule has 2 rings (SSSR count). The lowest BCUT2D eigenvalue weighted by molar-refractivity contribution is -0.136. The lowest BCUT2D eigenvalue weighted by Gasteiger charge is -2.10. The van der Waals surface area contributed by atoms with Gasteiger partial charge in [0.05, 0.1) is 5.02 Å². The second-order valence-corrected chi connectivity index (χ2v) is 6.01. The zero-order chi connectivity index (χ0) is 15.4. The van der Waals surface area contributed by atoms with Crippen molar-refractivity contribution in [2.45, 2.75) is 6.92 Å². The number of aryl methyl sites for hydroxylation is 1. The minimum atomic E-state index is -0.508. The van der Waals surface area contributed by atoms with E-state index in [-0.39, 0.29) is 6.61 Å². The molecular formula is C15H11BrCl2O3. The summed E-state index contributed by atoms with van der Waals surface area (Å²) in [6.07, 6.45) is 0. The number of carbonyl (C=O) groups is 1. The molecule has 0 aromatic heterocycles. The van der Waals surface area contributed by atoms with Gasteiger partial charge in [-0.25, -0.2) is 4.79 Å². The Bertz CT molecular complexity index is 674. The summed E-state index contributed by atoms with van der Waals surface area (Å²) < 4.78 is 11.5. The molecule has 0 unspecified atom stereocenters. The predicted molar refractivity (Wildman–Crippen MR) is 86.5 cm³/mol. The first-order valence-electron chi connectivity index (χ1n) is 6.00. The molecule has 0 spiro atoms. The molecule has 0 saturated heterocycles. The van der Waals surface area contributed by atoms with Gasteiger partial charge in [-0.05, 0) is 48.9 Å². The van der Waals surface area contributed by atoms with Gasteiger partial charge in [0.25, 0.3) is 0 Å². The smallest absolute Gasteiger partial charge is 0.349 e. The van der Waals surface area contributed by atoms with Gasteiger partial charge < -0.3 is 9.47 Å². The molecule has 2 aromatic rings. The van der Waals surface area contributed by atoms with Crippen molar-refractivity contribution in [3.05, 3.63) is 56.5 Å². The second-order valence-electron chi connectivity index (χ2n) is 4.25. The predicted octanol–water partition coefficient (Wildman–Crippen LogP) is 5.05. The van der Waals surface area contributed by atoms with E-state index >= 15 is 0 Å². The van der Waals surface area contributed by atoms with Gasteiger partial charge in [0.15, 0.2) is 6.61 Å². The quantitative estimate of drug-likeness (QED) is 0.542. The van der Waals surface area contributed by atoms with Crippen LogP contribution >= 0.6 is 39.1 Å². The van der Waals surface area contributed by atoms with Gasteiger partial charge >= 0.3 is 5.97 Å². The van der Waals surface area contributed by atoms with Gasteiger partial charge in [-0.2, -0.15) is 0 Å². The summed E-state index contributed by atoms with van der Waals surface area (Å²) in [7, 11) is 0. The van der Waals surface area contributed by atoms with E-state index in [1.165, 1.54) is 0 Å². The third-order valence-corrected chi connectivity index (χ3v) is 3.62. The fourth-order valence-electron chi connectivity index (χ4n) is 1.61. The number of benzene rings is 2. The van der Waals surface area contributed by atoms with Crippen LogP contribution in [0.15, 0.2) is 40.9 Å². The van der Waals surface area contributed by atoms with E-state index in [1.54, 1.807) is 30.3 Å². The molecule has 0 saturated carbocycles. The monoisotopic (exact) mass is 388 g/mol. The first-order valence-corrected chi connectivity index (χ1v) is 7.55. The fraction of sp³-hybridized carbons (Fsp3) is 0.133. The van der Waals surface area contributed by atoms with Gasteiger partial charge in [0.2, 0.25) is 0 Å². The Hall–Kier alpha value is -1.23. The van der Waals surface area contributed by atoms with E-state index < -0.39 is 5.97 Å². The van der Waals surface area contributed by atoms with Gasteiger partial charge in [-0.3, -0.25) is 0 Å². The summed E-state index contributed by atoms with van der Waals surface area (Å²) in [4.78, 5) is 11.8. The van der Waals surface area contributed by atoms with E-state index in [0.717, 1.165) is 10.0 Å². The van der Waals surface area contributed by atoms with Crippen LogP contribution in [0.4, 0.5) is 0 Å². The van der Waals surface area contributed by atoms with Crippen molar-refractivity contribution in [2.75, 3.05) is 6.61 Å². The highest BCUT2D eigenvalue weighted by Gasteiger charge is 2.10. The molecule has 0 amide bonds. The number of hydrogen-bond donors (Lipinski definition) is 0. The zero-order valence-corrected chi connectivity index (χ0v) is 14.1. The largest absolute Gasteiger partial charge is 0.480 e. The topological polar surface area (TPSA) is 35.5 Å². The standard InChI is InChI=1S/C15H11BrCl2O3/c1-9-6-10(16)2-4-13(9)21-15(19)8-20-14-5-3-11(17)7-12(14)18/h2-7H,8H2,1H3. The molecule has 0 aliphatic carbocycles. The molecule has 0 radical (unpaired) electrons. The van der Waals surface area contributed by atoms with Gasteiger partial charge in [0.1, 0.15) is 11.5 Å². The van der Waals surface area contributed by atoms with Gasteiger partial charge in [0, 0.05) is 9.50 Å². The molecule has 0 heterocycles. The van der Waals surface area contributed by atoms with Crippen molar-refractivity contribution in [2.24, 2.45) is 0 Å². The van der Waals surface area contributed by atoms with E-state index in [2.05, 4.69) is 15.9 Å². The average Bonchev–Trinajstić information content (AvgIpc) is 2.41. The molecule has 0 aliphatic heterocycles. The van der Waals surface area contributed by atoms with Crippen molar-refractivity contribution in [1.29, 1.82) is 0 Å². The Kier molecular flexibility index (Phi) is 5.51. The summed E-state index contributed by atoms with van der Waals surface area (Å²) in [5, 5.41) is 0.843. The summed E-state index contributed by atoms with van der Waals surface area (Å²) in [5.74, 6) is 0.367. The van der Waals surface area contributed by atoms with Crippen LogP contribution in [0.25, 0.3) is 0 Å². The van der Waals surface area contributed by atoms with Crippen LogP contribution in [0.2, 0.25) is 10.0 Å². The maximum Gasteiger partial charge on any atom is 0.349 e. The first-order chi connectivity index (χ1) is 9.95. The number of halogens is 3. The highest BCUT2D eigenvalue weighted by atomic mass is 79.9. The number of hydrogen-bond acceptors (Lipinski definition) is 3. The number of ether oxygens (including phenoxy) is 2. The molecule has 0 atom stereocenters. The first kappa shape index (κ1) is 16.1. The van der Waals surface area contributed by atoms with Crippen LogP contribution in [0.1, 0.15) is 5.56 Å². The molecule has 2 aromatic carbocycles. The molecule has 110 valence electrons. The van der Waals surface area contributed by atoms with Crippen LogP contribution in [0.3, 0.4) is 0 Å². The van der Waals surface area contributed by atoms with Crippen LogP contribution in [0, 0.1) is 6.92 Å². The summed E-state index contributed by atoms with van der Waals surface area (Å²) in [6, 6.07) is 10.1. The van der Waals surface area contributed by atoms with Gasteiger partial charge in [-0.15, -0.1) is 0 Å². The third-order valence-electron chi connectivity index (χ3n) is 2.60. The minimum absolute atomic E-state index is 0.239. The molecular weight excluding hydrogens is 379 g/mol. The van der Waals surface area contributed by atoms with Crippen LogP contribution in [-0.2, 0) is 4.79 Å². The number of rotatable bonds is 4. The maximum atomic E-state index is 11.8. The number of carbonyl (C=O) groups excluding carboxylic acids is 1. The summed E-state index contributed by atoms with van der Waals surface area (Å²) in [5.41, 5.74) is 0.849. The highest BCUT2D eigenvalue weighted by molar-refractivity contribution is 9.10. The Balaban J connectivity index is 1.96. The van der Waals surface area contributed by atoms with Crippen molar-refractivity contribution in [1.82, 2.24) is 0 Å². The van der Waals surface area contributed by atoms with Crippen LogP contribution in [-0.4, -0.2) is 12.6 Å². The molecule has 0 bridgehead atoms. The lowest BCUT2D eigenvalue weighted by atomic mass is 10.2. The third kappa shape index (κ3) is 4.63. The van der Waals surface area contributed by atoms with Crippen LogP contribution in [0.5, 0.6) is 11.5 Å². The Morgan fingerprint density at radius 3 is 2.52 bits per heavy atom. The Morgan fingerprint density at radius 1 is 1.14 bits per heavy atom. The van der Waals surface area contributed by atoms with E-state index in [9.17, 15) is 4.79 Å². The molecule has 0 fully saturated rings. The van der Waals surface area contributed by atoms with Crippen molar-refractivity contribution in [3.8, 4) is 11.5 Å².